The number of nitrogens with zero attached hydrogens (tertiary/aromatic N) is 2. The molecular weight excluding hydrogens is 414 g/mol. The molecule has 0 aliphatic carbocycles. The molecule has 1 fully saturated rings. The first kappa shape index (κ1) is 21.1. The number of piperidine rings is 1. The maximum Gasteiger partial charge on any atom is 0.255 e. The van der Waals surface area contributed by atoms with Gasteiger partial charge in [-0.3, -0.25) is 4.79 Å². The van der Waals surface area contributed by atoms with Gasteiger partial charge < -0.3 is 14.6 Å². The van der Waals surface area contributed by atoms with E-state index < -0.39 is 10.0 Å². The van der Waals surface area contributed by atoms with Crippen LogP contribution in [0.3, 0.4) is 0 Å². The van der Waals surface area contributed by atoms with E-state index >= 15 is 0 Å². The van der Waals surface area contributed by atoms with Gasteiger partial charge in [0.2, 0.25) is 10.0 Å². The number of rotatable bonds is 6. The fourth-order valence-electron chi connectivity index (χ4n) is 3.72. The van der Waals surface area contributed by atoms with Crippen LogP contribution in [-0.2, 0) is 10.0 Å². The van der Waals surface area contributed by atoms with Crippen LogP contribution in [0, 0.1) is 0 Å². The van der Waals surface area contributed by atoms with Crippen molar-refractivity contribution < 1.29 is 17.9 Å². The zero-order valence-electron chi connectivity index (χ0n) is 17.3. The second-order valence-electron chi connectivity index (χ2n) is 7.43. The third kappa shape index (κ3) is 4.50. The number of aromatic nitrogens is 1. The van der Waals surface area contributed by atoms with Crippen LogP contribution in [0.4, 0.5) is 5.69 Å². The van der Waals surface area contributed by atoms with Crippen LogP contribution in [0.2, 0.25) is 0 Å². The number of ether oxygens (including phenoxy) is 1. The number of sulfonamides is 1. The molecule has 2 aromatic carbocycles. The van der Waals surface area contributed by atoms with Gasteiger partial charge in [-0.05, 0) is 61.4 Å². The van der Waals surface area contributed by atoms with Crippen molar-refractivity contribution in [3.8, 4) is 11.4 Å². The SMILES string of the molecule is COc1ccc(NC(=O)c2cccc(-n3cccc3)c2)cc1S(=O)(=O)N1CCCCC1. The van der Waals surface area contributed by atoms with Crippen LogP contribution in [0.5, 0.6) is 5.75 Å². The molecule has 3 aromatic rings. The minimum atomic E-state index is -3.71. The lowest BCUT2D eigenvalue weighted by Gasteiger charge is -2.26. The van der Waals surface area contributed by atoms with Crippen molar-refractivity contribution >= 4 is 21.6 Å². The predicted molar refractivity (Wildman–Crippen MR) is 119 cm³/mol. The van der Waals surface area contributed by atoms with E-state index in [2.05, 4.69) is 5.32 Å². The number of nitrogens with one attached hydrogen (secondary N) is 1. The van der Waals surface area contributed by atoms with E-state index in [-0.39, 0.29) is 16.6 Å². The normalized spacial score (nSPS) is 14.9. The smallest absolute Gasteiger partial charge is 0.255 e. The predicted octanol–water partition coefficient (Wildman–Crippen LogP) is 3.91. The molecule has 1 aliphatic heterocycles. The minimum absolute atomic E-state index is 0.0655. The van der Waals surface area contributed by atoms with Gasteiger partial charge in [-0.25, -0.2) is 8.42 Å². The van der Waals surface area contributed by atoms with E-state index in [4.69, 9.17) is 4.74 Å². The van der Waals surface area contributed by atoms with Gasteiger partial charge in [0.15, 0.2) is 0 Å². The number of hydrogen-bond donors (Lipinski definition) is 1. The molecule has 1 aliphatic rings. The molecule has 1 amide bonds. The molecule has 0 bridgehead atoms. The first-order chi connectivity index (χ1) is 15.0. The highest BCUT2D eigenvalue weighted by molar-refractivity contribution is 7.89. The van der Waals surface area contributed by atoms with E-state index in [1.807, 2.05) is 41.2 Å². The van der Waals surface area contributed by atoms with Crippen LogP contribution in [-0.4, -0.2) is 43.4 Å². The first-order valence-corrected chi connectivity index (χ1v) is 11.7. The second-order valence-corrected chi connectivity index (χ2v) is 9.33. The summed E-state index contributed by atoms with van der Waals surface area (Å²) >= 11 is 0. The third-order valence-electron chi connectivity index (χ3n) is 5.37. The van der Waals surface area contributed by atoms with Crippen molar-refractivity contribution in [1.29, 1.82) is 0 Å². The molecule has 0 radical (unpaired) electrons. The quantitative estimate of drug-likeness (QED) is 0.631. The van der Waals surface area contributed by atoms with Crippen molar-refractivity contribution in [2.24, 2.45) is 0 Å². The fourth-order valence-corrected chi connectivity index (χ4v) is 5.42. The van der Waals surface area contributed by atoms with Crippen molar-refractivity contribution in [2.45, 2.75) is 24.2 Å². The number of hydrogen-bond acceptors (Lipinski definition) is 4. The Morgan fingerprint density at radius 1 is 0.968 bits per heavy atom. The summed E-state index contributed by atoms with van der Waals surface area (Å²) in [6.45, 7) is 0.989. The average Bonchev–Trinajstić information content (AvgIpc) is 3.35. The highest BCUT2D eigenvalue weighted by Gasteiger charge is 2.29. The number of carbonyl (C=O) groups excluding carboxylic acids is 1. The topological polar surface area (TPSA) is 80.6 Å². The Morgan fingerprint density at radius 2 is 1.71 bits per heavy atom. The maximum absolute atomic E-state index is 13.2. The van der Waals surface area contributed by atoms with Gasteiger partial charge in [-0.1, -0.05) is 12.5 Å². The van der Waals surface area contributed by atoms with E-state index in [9.17, 15) is 13.2 Å². The number of amides is 1. The molecule has 1 aromatic heterocycles. The highest BCUT2D eigenvalue weighted by Crippen LogP contribution is 2.31. The van der Waals surface area contributed by atoms with Crippen LogP contribution >= 0.6 is 0 Å². The van der Waals surface area contributed by atoms with Gasteiger partial charge in [0.25, 0.3) is 5.91 Å². The zero-order valence-corrected chi connectivity index (χ0v) is 18.1. The number of anilines is 1. The van der Waals surface area contributed by atoms with Gasteiger partial charge in [0.1, 0.15) is 10.6 Å². The molecule has 0 spiro atoms. The maximum atomic E-state index is 13.2. The Bertz CT molecular complexity index is 1170. The van der Waals surface area contributed by atoms with Gasteiger partial charge in [0.05, 0.1) is 7.11 Å². The van der Waals surface area contributed by atoms with Crippen molar-refractivity contribution in [2.75, 3.05) is 25.5 Å². The van der Waals surface area contributed by atoms with E-state index in [1.54, 1.807) is 24.3 Å². The van der Waals surface area contributed by atoms with Gasteiger partial charge in [0, 0.05) is 42.4 Å². The number of methoxy groups -OCH3 is 1. The third-order valence-corrected chi connectivity index (χ3v) is 7.29. The largest absolute Gasteiger partial charge is 0.495 e. The second kappa shape index (κ2) is 8.95. The fraction of sp³-hybridized carbons (Fsp3) is 0.261. The van der Waals surface area contributed by atoms with Gasteiger partial charge >= 0.3 is 0 Å². The van der Waals surface area contributed by atoms with Gasteiger partial charge in [-0.15, -0.1) is 0 Å². The number of carbonyl (C=O) groups is 1. The summed E-state index contributed by atoms with van der Waals surface area (Å²) < 4.78 is 35.1. The Kier molecular flexibility index (Phi) is 6.11. The molecule has 4 rings (SSSR count). The van der Waals surface area contributed by atoms with Crippen LogP contribution in [0.25, 0.3) is 5.69 Å². The summed E-state index contributed by atoms with van der Waals surface area (Å²) in [6.07, 6.45) is 6.52. The Hall–Kier alpha value is -3.10. The lowest BCUT2D eigenvalue weighted by Crippen LogP contribution is -2.35. The molecule has 1 N–H and O–H groups in total. The van der Waals surface area contributed by atoms with E-state index in [1.165, 1.54) is 17.5 Å². The molecule has 0 atom stereocenters. The van der Waals surface area contributed by atoms with Crippen molar-refractivity contribution in [3.63, 3.8) is 0 Å². The Morgan fingerprint density at radius 3 is 2.42 bits per heavy atom. The minimum Gasteiger partial charge on any atom is -0.495 e. The molecule has 2 heterocycles. The number of benzene rings is 2. The molecule has 1 saturated heterocycles. The lowest BCUT2D eigenvalue weighted by molar-refractivity contribution is 0.102. The lowest BCUT2D eigenvalue weighted by atomic mass is 10.1. The van der Waals surface area contributed by atoms with Crippen LogP contribution in [0.1, 0.15) is 29.6 Å². The monoisotopic (exact) mass is 439 g/mol. The summed E-state index contributed by atoms with van der Waals surface area (Å²) in [5.41, 5.74) is 1.73. The standard InChI is InChI=1S/C23H25N3O4S/c1-30-21-11-10-19(17-22(21)31(28,29)26-14-3-2-4-15-26)24-23(27)18-8-7-9-20(16-18)25-12-5-6-13-25/h5-13,16-17H,2-4,14-15H2,1H3,(H,24,27). The molecule has 0 saturated carbocycles. The zero-order chi connectivity index (χ0) is 21.8. The molecule has 7 nitrogen and oxygen atoms in total. The summed E-state index contributed by atoms with van der Waals surface area (Å²) in [4.78, 5) is 12.9. The molecule has 8 heteroatoms. The van der Waals surface area contributed by atoms with E-state index in [0.717, 1.165) is 24.9 Å². The molecule has 31 heavy (non-hydrogen) atoms. The summed E-state index contributed by atoms with van der Waals surface area (Å²) in [5.74, 6) is -0.0568. The van der Waals surface area contributed by atoms with Crippen molar-refractivity contribution in [1.82, 2.24) is 8.87 Å². The summed E-state index contributed by atoms with van der Waals surface area (Å²) in [7, 11) is -2.27. The first-order valence-electron chi connectivity index (χ1n) is 10.2. The van der Waals surface area contributed by atoms with E-state index in [0.29, 0.717) is 24.3 Å². The van der Waals surface area contributed by atoms with Crippen LogP contribution < -0.4 is 10.1 Å². The summed E-state index contributed by atoms with van der Waals surface area (Å²) in [5, 5.41) is 2.81. The van der Waals surface area contributed by atoms with Crippen LogP contribution in [0.15, 0.2) is 71.9 Å². The Labute approximate surface area is 182 Å². The van der Waals surface area contributed by atoms with Crippen molar-refractivity contribution in [3.05, 3.63) is 72.6 Å². The summed E-state index contributed by atoms with van der Waals surface area (Å²) in [6, 6.07) is 15.7. The molecule has 162 valence electrons. The van der Waals surface area contributed by atoms with Gasteiger partial charge in [-0.2, -0.15) is 4.31 Å². The highest BCUT2D eigenvalue weighted by atomic mass is 32.2. The Balaban J connectivity index is 1.60. The molecule has 0 unspecified atom stereocenters. The molecular formula is C23H25N3O4S. The average molecular weight is 440 g/mol.